The van der Waals surface area contributed by atoms with Crippen LogP contribution in [0.3, 0.4) is 0 Å². The second-order valence-electron chi connectivity index (χ2n) is 6.92. The van der Waals surface area contributed by atoms with Crippen LogP contribution in [0.15, 0.2) is 48.5 Å². The number of carbonyl (C=O) groups is 2. The molecule has 1 amide bonds. The van der Waals surface area contributed by atoms with Gasteiger partial charge in [0.05, 0.1) is 11.5 Å². The Bertz CT molecular complexity index is 807. The van der Waals surface area contributed by atoms with Gasteiger partial charge in [-0.25, -0.2) is 9.18 Å². The van der Waals surface area contributed by atoms with Crippen LogP contribution in [-0.4, -0.2) is 35.0 Å². The zero-order valence-corrected chi connectivity index (χ0v) is 15.0. The Kier molecular flexibility index (Phi) is 6.19. The fraction of sp³-hybridized carbons (Fsp3) is 0.333. The van der Waals surface area contributed by atoms with Crippen molar-refractivity contribution in [2.45, 2.75) is 25.9 Å². The normalized spacial score (nSPS) is 17.4. The molecule has 3 rings (SSSR count). The van der Waals surface area contributed by atoms with E-state index in [1.807, 2.05) is 6.07 Å². The summed E-state index contributed by atoms with van der Waals surface area (Å²) in [6.45, 7) is 2.56. The average molecular weight is 370 g/mol. The lowest BCUT2D eigenvalue weighted by Crippen LogP contribution is -2.42. The van der Waals surface area contributed by atoms with Crippen molar-refractivity contribution in [3.05, 3.63) is 71.0 Å². The highest BCUT2D eigenvalue weighted by Gasteiger charge is 2.25. The van der Waals surface area contributed by atoms with E-state index >= 15 is 0 Å². The number of halogens is 1. The number of nitrogens with zero attached hydrogens (tertiary/aromatic N) is 1. The van der Waals surface area contributed by atoms with E-state index in [1.54, 1.807) is 18.2 Å². The first-order chi connectivity index (χ1) is 13.0. The fourth-order valence-electron chi connectivity index (χ4n) is 3.41. The van der Waals surface area contributed by atoms with Crippen LogP contribution in [0, 0.1) is 11.7 Å². The molecular formula is C21H23FN2O3. The molecule has 0 aromatic heterocycles. The molecule has 0 aliphatic carbocycles. The molecule has 0 spiro atoms. The molecule has 1 heterocycles. The molecule has 2 N–H and O–H groups in total. The van der Waals surface area contributed by atoms with E-state index in [-0.39, 0.29) is 23.2 Å². The Morgan fingerprint density at radius 1 is 1.15 bits per heavy atom. The van der Waals surface area contributed by atoms with Crippen LogP contribution in [0.2, 0.25) is 0 Å². The minimum Gasteiger partial charge on any atom is -0.478 e. The van der Waals surface area contributed by atoms with E-state index in [9.17, 15) is 14.0 Å². The van der Waals surface area contributed by atoms with Gasteiger partial charge < -0.3 is 10.4 Å². The summed E-state index contributed by atoms with van der Waals surface area (Å²) < 4.78 is 13.3. The quantitative estimate of drug-likeness (QED) is 0.820. The fourth-order valence-corrected chi connectivity index (χ4v) is 3.41. The van der Waals surface area contributed by atoms with Gasteiger partial charge >= 0.3 is 5.97 Å². The Hall–Kier alpha value is -2.73. The minimum absolute atomic E-state index is 0.00116. The molecule has 5 nitrogen and oxygen atoms in total. The minimum atomic E-state index is -0.967. The predicted octanol–water partition coefficient (Wildman–Crippen LogP) is 3.05. The lowest BCUT2D eigenvalue weighted by Gasteiger charge is -2.32. The molecular weight excluding hydrogens is 347 g/mol. The maximum atomic E-state index is 13.3. The van der Waals surface area contributed by atoms with Crippen LogP contribution in [0.5, 0.6) is 0 Å². The van der Waals surface area contributed by atoms with Gasteiger partial charge in [0.2, 0.25) is 5.91 Å². The van der Waals surface area contributed by atoms with Gasteiger partial charge in [-0.15, -0.1) is 0 Å². The summed E-state index contributed by atoms with van der Waals surface area (Å²) in [5, 5.41) is 11.9. The highest BCUT2D eigenvalue weighted by Crippen LogP contribution is 2.19. The van der Waals surface area contributed by atoms with Crippen molar-refractivity contribution in [2.24, 2.45) is 5.92 Å². The second-order valence-corrected chi connectivity index (χ2v) is 6.92. The highest BCUT2D eigenvalue weighted by atomic mass is 19.1. The largest absolute Gasteiger partial charge is 0.478 e. The molecule has 1 aliphatic heterocycles. The Morgan fingerprint density at radius 3 is 2.63 bits per heavy atom. The SMILES string of the molecule is O=C(O)c1ccc(CNC(=O)[C@H]2CCCN(Cc3cccc(F)c3)C2)cc1. The first-order valence-corrected chi connectivity index (χ1v) is 9.08. The molecule has 0 saturated carbocycles. The third-order valence-electron chi connectivity index (χ3n) is 4.84. The first-order valence-electron chi connectivity index (χ1n) is 9.08. The molecule has 0 radical (unpaired) electrons. The van der Waals surface area contributed by atoms with Crippen LogP contribution in [0.25, 0.3) is 0 Å². The topological polar surface area (TPSA) is 69.6 Å². The number of carboxylic acids is 1. The molecule has 1 aliphatic rings. The Morgan fingerprint density at radius 2 is 1.93 bits per heavy atom. The molecule has 0 unspecified atom stereocenters. The number of carbonyl (C=O) groups excluding carboxylic acids is 1. The number of likely N-dealkylation sites (tertiary alicyclic amines) is 1. The zero-order valence-electron chi connectivity index (χ0n) is 15.0. The number of piperidine rings is 1. The Labute approximate surface area is 157 Å². The summed E-state index contributed by atoms with van der Waals surface area (Å²) in [6, 6.07) is 13.0. The summed E-state index contributed by atoms with van der Waals surface area (Å²) in [5.41, 5.74) is 2.00. The number of hydrogen-bond acceptors (Lipinski definition) is 3. The second kappa shape index (κ2) is 8.77. The van der Waals surface area contributed by atoms with E-state index in [0.29, 0.717) is 19.6 Å². The van der Waals surface area contributed by atoms with Gasteiger partial charge in [0.25, 0.3) is 0 Å². The summed E-state index contributed by atoms with van der Waals surface area (Å²) in [5.74, 6) is -1.30. The van der Waals surface area contributed by atoms with E-state index in [1.165, 1.54) is 24.3 Å². The molecule has 6 heteroatoms. The van der Waals surface area contributed by atoms with Gasteiger partial charge in [0.1, 0.15) is 5.82 Å². The first kappa shape index (κ1) is 19.0. The number of hydrogen-bond donors (Lipinski definition) is 2. The van der Waals surface area contributed by atoms with E-state index in [0.717, 1.165) is 30.5 Å². The number of amides is 1. The van der Waals surface area contributed by atoms with Gasteiger partial charge in [-0.05, 0) is 54.8 Å². The van der Waals surface area contributed by atoms with E-state index in [4.69, 9.17) is 5.11 Å². The summed E-state index contributed by atoms with van der Waals surface area (Å²) in [6.07, 6.45) is 1.77. The highest BCUT2D eigenvalue weighted by molar-refractivity contribution is 5.87. The van der Waals surface area contributed by atoms with Crippen LogP contribution in [-0.2, 0) is 17.9 Å². The van der Waals surface area contributed by atoms with Crippen molar-refractivity contribution in [3.8, 4) is 0 Å². The molecule has 1 atom stereocenters. The number of nitrogens with one attached hydrogen (secondary N) is 1. The molecule has 1 saturated heterocycles. The van der Waals surface area contributed by atoms with Crippen LogP contribution >= 0.6 is 0 Å². The van der Waals surface area contributed by atoms with Crippen molar-refractivity contribution in [3.63, 3.8) is 0 Å². The smallest absolute Gasteiger partial charge is 0.335 e. The summed E-state index contributed by atoms with van der Waals surface area (Å²) >= 11 is 0. The predicted molar refractivity (Wildman–Crippen MR) is 99.6 cm³/mol. The van der Waals surface area contributed by atoms with Gasteiger partial charge in [-0.1, -0.05) is 24.3 Å². The monoisotopic (exact) mass is 370 g/mol. The van der Waals surface area contributed by atoms with Gasteiger partial charge in [-0.2, -0.15) is 0 Å². The number of carboxylic acid groups (broad SMARTS) is 1. The van der Waals surface area contributed by atoms with E-state index in [2.05, 4.69) is 10.2 Å². The third kappa shape index (κ3) is 5.37. The van der Waals surface area contributed by atoms with Gasteiger partial charge in [0.15, 0.2) is 0 Å². The standard InChI is InChI=1S/C21H23FN2O3/c22-19-5-1-3-16(11-19)13-24-10-2-4-18(14-24)20(25)23-12-15-6-8-17(9-7-15)21(26)27/h1,3,5-9,11,18H,2,4,10,12-14H2,(H,23,25)(H,26,27)/t18-/m0/s1. The van der Waals surface area contributed by atoms with Crippen molar-refractivity contribution in [1.82, 2.24) is 10.2 Å². The lowest BCUT2D eigenvalue weighted by molar-refractivity contribution is -0.126. The molecule has 1 fully saturated rings. The Balaban J connectivity index is 1.51. The zero-order chi connectivity index (χ0) is 19.2. The van der Waals surface area contributed by atoms with Crippen molar-refractivity contribution in [1.29, 1.82) is 0 Å². The average Bonchev–Trinajstić information content (AvgIpc) is 2.66. The maximum absolute atomic E-state index is 13.3. The summed E-state index contributed by atoms with van der Waals surface area (Å²) in [4.78, 5) is 25.6. The molecule has 0 bridgehead atoms. The molecule has 2 aromatic rings. The van der Waals surface area contributed by atoms with Crippen molar-refractivity contribution < 1.29 is 19.1 Å². The van der Waals surface area contributed by atoms with Crippen LogP contribution in [0.4, 0.5) is 4.39 Å². The molecule has 2 aromatic carbocycles. The maximum Gasteiger partial charge on any atom is 0.335 e. The van der Waals surface area contributed by atoms with E-state index < -0.39 is 5.97 Å². The number of benzene rings is 2. The summed E-state index contributed by atoms with van der Waals surface area (Å²) in [7, 11) is 0. The van der Waals surface area contributed by atoms with Crippen LogP contribution < -0.4 is 5.32 Å². The van der Waals surface area contributed by atoms with Gasteiger partial charge in [0, 0.05) is 19.6 Å². The third-order valence-corrected chi connectivity index (χ3v) is 4.84. The molecule has 142 valence electrons. The van der Waals surface area contributed by atoms with Crippen molar-refractivity contribution in [2.75, 3.05) is 13.1 Å². The number of aromatic carboxylic acids is 1. The molecule has 27 heavy (non-hydrogen) atoms. The van der Waals surface area contributed by atoms with Crippen molar-refractivity contribution >= 4 is 11.9 Å². The number of rotatable bonds is 6. The van der Waals surface area contributed by atoms with Gasteiger partial charge in [-0.3, -0.25) is 9.69 Å². The lowest BCUT2D eigenvalue weighted by atomic mass is 9.96. The van der Waals surface area contributed by atoms with Crippen LogP contribution in [0.1, 0.15) is 34.3 Å².